The smallest absolute Gasteiger partial charge is 0.253 e. The van der Waals surface area contributed by atoms with Crippen molar-refractivity contribution in [3.63, 3.8) is 0 Å². The maximum atomic E-state index is 11.7. The van der Waals surface area contributed by atoms with Crippen LogP contribution >= 0.6 is 0 Å². The minimum Gasteiger partial charge on any atom is -0.355 e. The molecule has 0 unspecified atom stereocenters. The Morgan fingerprint density at radius 1 is 0.724 bits per heavy atom. The maximum Gasteiger partial charge on any atom is 0.253 e. The van der Waals surface area contributed by atoms with Crippen molar-refractivity contribution in [3.8, 4) is 0 Å². The molecule has 0 radical (unpaired) electrons. The molecular weight excluding hydrogens is 382 g/mol. The fourth-order valence-electron chi connectivity index (χ4n) is 2.39. The number of carbonyl (C=O) groups is 6. The molecule has 0 saturated carbocycles. The first-order valence-electron chi connectivity index (χ1n) is 9.43. The molecule has 1 heterocycles. The minimum atomic E-state index is -0.523. The number of unbranched alkanes of at least 4 members (excludes halogenated alkanes) is 2. The zero-order valence-corrected chi connectivity index (χ0v) is 16.4. The van der Waals surface area contributed by atoms with Gasteiger partial charge in [0.25, 0.3) is 11.8 Å². The Hall–Kier alpha value is -3.24. The minimum absolute atomic E-state index is 0.171. The Morgan fingerprint density at radius 3 is 1.72 bits per heavy atom. The molecule has 29 heavy (non-hydrogen) atoms. The molecule has 0 atom stereocenters. The van der Waals surface area contributed by atoms with Gasteiger partial charge in [0, 0.05) is 31.7 Å². The predicted molar refractivity (Wildman–Crippen MR) is 102 cm³/mol. The van der Waals surface area contributed by atoms with Gasteiger partial charge in [-0.2, -0.15) is 0 Å². The Balaban J connectivity index is 2.04. The van der Waals surface area contributed by atoms with E-state index in [-0.39, 0.29) is 49.7 Å². The summed E-state index contributed by atoms with van der Waals surface area (Å²) >= 11 is 0. The van der Waals surface area contributed by atoms with E-state index in [4.69, 9.17) is 0 Å². The largest absolute Gasteiger partial charge is 0.355 e. The van der Waals surface area contributed by atoms with Crippen LogP contribution < -0.4 is 21.3 Å². The molecule has 6 amide bonds. The van der Waals surface area contributed by atoms with Gasteiger partial charge in [0.05, 0.1) is 19.6 Å². The third-order valence-corrected chi connectivity index (χ3v) is 3.90. The van der Waals surface area contributed by atoms with Gasteiger partial charge < -0.3 is 21.3 Å². The van der Waals surface area contributed by atoms with E-state index >= 15 is 0 Å². The second-order valence-corrected chi connectivity index (χ2v) is 6.26. The van der Waals surface area contributed by atoms with Crippen LogP contribution in [0.25, 0.3) is 0 Å². The monoisotopic (exact) mass is 409 g/mol. The molecule has 0 aromatic carbocycles. The summed E-state index contributed by atoms with van der Waals surface area (Å²) in [5, 5.41) is 9.65. The third kappa shape index (κ3) is 10.0. The summed E-state index contributed by atoms with van der Waals surface area (Å²) in [4.78, 5) is 69.9. The van der Waals surface area contributed by atoms with Gasteiger partial charge in [-0.3, -0.25) is 33.7 Å². The summed E-state index contributed by atoms with van der Waals surface area (Å²) in [7, 11) is 0. The SMILES string of the molecule is CCNC(=O)CNC(=O)CNC(=O)CNC(=O)CCCCCN1C(=O)C=CC1=O. The summed E-state index contributed by atoms with van der Waals surface area (Å²) in [6, 6.07) is 0. The van der Waals surface area contributed by atoms with Gasteiger partial charge in [0.1, 0.15) is 0 Å². The summed E-state index contributed by atoms with van der Waals surface area (Å²) in [5.41, 5.74) is 0. The number of hydrogen-bond donors (Lipinski definition) is 4. The van der Waals surface area contributed by atoms with Crippen molar-refractivity contribution in [1.82, 2.24) is 26.2 Å². The lowest BCUT2D eigenvalue weighted by atomic mass is 10.2. The molecule has 1 aliphatic heterocycles. The normalized spacial score (nSPS) is 12.7. The number of nitrogens with zero attached hydrogens (tertiary/aromatic N) is 1. The molecule has 0 fully saturated rings. The van der Waals surface area contributed by atoms with Crippen LogP contribution in [0.15, 0.2) is 12.2 Å². The molecule has 11 nitrogen and oxygen atoms in total. The van der Waals surface area contributed by atoms with E-state index in [2.05, 4.69) is 21.3 Å². The summed E-state index contributed by atoms with van der Waals surface area (Å²) in [6.07, 6.45) is 4.47. The number of nitrogens with one attached hydrogen (secondary N) is 4. The zero-order valence-electron chi connectivity index (χ0n) is 16.4. The van der Waals surface area contributed by atoms with Gasteiger partial charge in [-0.25, -0.2) is 0 Å². The lowest BCUT2D eigenvalue weighted by molar-refractivity contribution is -0.137. The first-order valence-corrected chi connectivity index (χ1v) is 9.43. The predicted octanol–water partition coefficient (Wildman–Crippen LogP) is -2.04. The van der Waals surface area contributed by atoms with Gasteiger partial charge in [-0.05, 0) is 19.8 Å². The van der Waals surface area contributed by atoms with E-state index in [9.17, 15) is 28.8 Å². The highest BCUT2D eigenvalue weighted by atomic mass is 16.2. The van der Waals surface area contributed by atoms with E-state index in [1.54, 1.807) is 6.92 Å². The van der Waals surface area contributed by atoms with E-state index in [0.717, 1.165) is 4.90 Å². The number of rotatable bonds is 13. The third-order valence-electron chi connectivity index (χ3n) is 3.90. The average Bonchev–Trinajstić information content (AvgIpc) is 3.01. The molecule has 160 valence electrons. The standard InChI is InChI=1S/C18H27N5O6/c1-2-19-14(25)10-21-16(27)12-22-15(26)11-20-13(24)6-4-3-5-9-23-17(28)7-8-18(23)29/h7-8H,2-6,9-12H2,1H3,(H,19,25)(H,20,24)(H,21,27)(H,22,26). The topological polar surface area (TPSA) is 154 Å². The second kappa shape index (κ2) is 13.0. The van der Waals surface area contributed by atoms with Crippen molar-refractivity contribution in [2.24, 2.45) is 0 Å². The fourth-order valence-corrected chi connectivity index (χ4v) is 2.39. The van der Waals surface area contributed by atoms with E-state index in [0.29, 0.717) is 32.4 Å². The van der Waals surface area contributed by atoms with Crippen molar-refractivity contribution in [1.29, 1.82) is 0 Å². The van der Waals surface area contributed by atoms with Crippen molar-refractivity contribution in [2.45, 2.75) is 32.6 Å². The fraction of sp³-hybridized carbons (Fsp3) is 0.556. The Labute approximate surface area is 168 Å². The summed E-state index contributed by atoms with van der Waals surface area (Å²) < 4.78 is 0. The molecule has 4 N–H and O–H groups in total. The van der Waals surface area contributed by atoms with E-state index < -0.39 is 11.8 Å². The molecule has 0 aromatic rings. The van der Waals surface area contributed by atoms with Crippen LogP contribution in [0.5, 0.6) is 0 Å². The molecule has 1 rings (SSSR count). The molecule has 0 aliphatic carbocycles. The van der Waals surface area contributed by atoms with Gasteiger partial charge in [0.2, 0.25) is 23.6 Å². The summed E-state index contributed by atoms with van der Waals surface area (Å²) in [6.45, 7) is 1.81. The average molecular weight is 409 g/mol. The van der Waals surface area contributed by atoms with E-state index in [1.165, 1.54) is 12.2 Å². The second-order valence-electron chi connectivity index (χ2n) is 6.26. The number of hydrogen-bond acceptors (Lipinski definition) is 6. The van der Waals surface area contributed by atoms with Crippen molar-refractivity contribution >= 4 is 35.4 Å². The van der Waals surface area contributed by atoms with Gasteiger partial charge in [-0.15, -0.1) is 0 Å². The Kier molecular flexibility index (Phi) is 10.7. The highest BCUT2D eigenvalue weighted by Gasteiger charge is 2.22. The molecule has 0 spiro atoms. The zero-order chi connectivity index (χ0) is 21.6. The van der Waals surface area contributed by atoms with Crippen molar-refractivity contribution < 1.29 is 28.8 Å². The van der Waals surface area contributed by atoms with Crippen molar-refractivity contribution in [2.75, 3.05) is 32.7 Å². The maximum absolute atomic E-state index is 11.7. The lowest BCUT2D eigenvalue weighted by Gasteiger charge is -2.13. The van der Waals surface area contributed by atoms with Crippen LogP contribution in [0.2, 0.25) is 0 Å². The highest BCUT2D eigenvalue weighted by molar-refractivity contribution is 6.12. The number of amides is 6. The first-order chi connectivity index (χ1) is 13.8. The molecule has 0 bridgehead atoms. The first kappa shape index (κ1) is 23.8. The van der Waals surface area contributed by atoms with Crippen LogP contribution in [0.3, 0.4) is 0 Å². The molecular formula is C18H27N5O6. The van der Waals surface area contributed by atoms with Crippen LogP contribution in [0, 0.1) is 0 Å². The van der Waals surface area contributed by atoms with Gasteiger partial charge >= 0.3 is 0 Å². The highest BCUT2D eigenvalue weighted by Crippen LogP contribution is 2.07. The number of imide groups is 1. The Bertz CT molecular complexity index is 658. The lowest BCUT2D eigenvalue weighted by Crippen LogP contribution is -2.44. The number of carbonyl (C=O) groups excluding carboxylic acids is 6. The van der Waals surface area contributed by atoms with E-state index in [1.807, 2.05) is 0 Å². The Morgan fingerprint density at radius 2 is 1.21 bits per heavy atom. The van der Waals surface area contributed by atoms with Crippen LogP contribution in [-0.4, -0.2) is 73.1 Å². The van der Waals surface area contributed by atoms with Crippen molar-refractivity contribution in [3.05, 3.63) is 12.2 Å². The summed E-state index contributed by atoms with van der Waals surface area (Å²) in [5.74, 6) is -2.31. The van der Waals surface area contributed by atoms with Crippen LogP contribution in [0.4, 0.5) is 0 Å². The van der Waals surface area contributed by atoms with Crippen LogP contribution in [0.1, 0.15) is 32.6 Å². The molecule has 0 aromatic heterocycles. The van der Waals surface area contributed by atoms with Gasteiger partial charge in [-0.1, -0.05) is 6.42 Å². The van der Waals surface area contributed by atoms with Gasteiger partial charge in [0.15, 0.2) is 0 Å². The number of likely N-dealkylation sites (N-methyl/N-ethyl adjacent to an activating group) is 1. The molecule has 11 heteroatoms. The molecule has 0 saturated heterocycles. The quantitative estimate of drug-likeness (QED) is 0.203. The van der Waals surface area contributed by atoms with Crippen LogP contribution in [-0.2, 0) is 28.8 Å². The molecule has 1 aliphatic rings.